The average molecular weight is 348 g/mol. The van der Waals surface area contributed by atoms with Crippen LogP contribution in [0, 0.1) is 6.92 Å². The number of esters is 1. The van der Waals surface area contributed by atoms with Crippen molar-refractivity contribution in [2.24, 2.45) is 0 Å². The number of sulfonamides is 1. The van der Waals surface area contributed by atoms with Crippen LogP contribution < -0.4 is 0 Å². The highest BCUT2D eigenvalue weighted by Gasteiger charge is 2.25. The van der Waals surface area contributed by atoms with Crippen molar-refractivity contribution in [2.75, 3.05) is 20.7 Å². The van der Waals surface area contributed by atoms with Gasteiger partial charge < -0.3 is 4.74 Å². The predicted octanol–water partition coefficient (Wildman–Crippen LogP) is 2.04. The first-order valence-electron chi connectivity index (χ1n) is 7.42. The normalized spacial score (nSPS) is 11.5. The van der Waals surface area contributed by atoms with Crippen LogP contribution in [0.25, 0.3) is 0 Å². The molecule has 0 unspecified atom stereocenters. The Balaban J connectivity index is 2.25. The molecule has 24 heavy (non-hydrogen) atoms. The van der Waals surface area contributed by atoms with Crippen LogP contribution in [-0.2, 0) is 21.2 Å². The topological polar surface area (TPSA) is 76.6 Å². The van der Waals surface area contributed by atoms with Crippen molar-refractivity contribution in [3.8, 4) is 0 Å². The van der Waals surface area contributed by atoms with E-state index in [-0.39, 0.29) is 10.5 Å². The molecule has 0 amide bonds. The van der Waals surface area contributed by atoms with E-state index in [2.05, 4.69) is 4.98 Å². The van der Waals surface area contributed by atoms with Gasteiger partial charge in [-0.05, 0) is 36.8 Å². The number of carbonyl (C=O) groups is 1. The lowest BCUT2D eigenvalue weighted by Crippen LogP contribution is -2.30. The van der Waals surface area contributed by atoms with Gasteiger partial charge in [-0.15, -0.1) is 0 Å². The maximum Gasteiger partial charge on any atom is 0.338 e. The van der Waals surface area contributed by atoms with Crippen molar-refractivity contribution >= 4 is 16.0 Å². The number of benzene rings is 1. The van der Waals surface area contributed by atoms with E-state index in [1.165, 1.54) is 24.5 Å². The molecule has 128 valence electrons. The zero-order valence-electron chi connectivity index (χ0n) is 13.9. The lowest BCUT2D eigenvalue weighted by molar-refractivity contribution is 0.0599. The zero-order valence-corrected chi connectivity index (χ0v) is 14.7. The highest BCUT2D eigenvalue weighted by molar-refractivity contribution is 7.89. The molecular weight excluding hydrogens is 328 g/mol. The highest BCUT2D eigenvalue weighted by Crippen LogP contribution is 2.22. The Kier molecular flexibility index (Phi) is 5.69. The molecule has 0 saturated heterocycles. The smallest absolute Gasteiger partial charge is 0.338 e. The van der Waals surface area contributed by atoms with Gasteiger partial charge in [-0.1, -0.05) is 12.1 Å². The molecule has 0 aliphatic rings. The van der Waals surface area contributed by atoms with Crippen LogP contribution in [0.1, 0.15) is 21.6 Å². The maximum atomic E-state index is 12.8. The molecule has 0 bridgehead atoms. The van der Waals surface area contributed by atoms with Crippen LogP contribution >= 0.6 is 0 Å². The van der Waals surface area contributed by atoms with E-state index in [1.54, 1.807) is 25.3 Å². The van der Waals surface area contributed by atoms with Crippen molar-refractivity contribution in [3.63, 3.8) is 0 Å². The number of hydrogen-bond acceptors (Lipinski definition) is 5. The fraction of sp³-hybridized carbons (Fsp3) is 0.294. The van der Waals surface area contributed by atoms with Gasteiger partial charge in [-0.25, -0.2) is 17.5 Å². The maximum absolute atomic E-state index is 12.8. The summed E-state index contributed by atoms with van der Waals surface area (Å²) < 4.78 is 31.5. The van der Waals surface area contributed by atoms with Gasteiger partial charge in [0.25, 0.3) is 0 Å². The summed E-state index contributed by atoms with van der Waals surface area (Å²) in [6.07, 6.45) is 2.18. The minimum atomic E-state index is -3.71. The Morgan fingerprint density at radius 1 is 1.21 bits per heavy atom. The van der Waals surface area contributed by atoms with Gasteiger partial charge in [0.15, 0.2) is 0 Å². The number of rotatable bonds is 6. The number of aromatic nitrogens is 1. The second kappa shape index (κ2) is 7.55. The van der Waals surface area contributed by atoms with Gasteiger partial charge in [0, 0.05) is 31.9 Å². The van der Waals surface area contributed by atoms with E-state index in [1.807, 2.05) is 18.2 Å². The van der Waals surface area contributed by atoms with Gasteiger partial charge in [0.2, 0.25) is 10.0 Å². The zero-order chi connectivity index (χ0) is 17.7. The lowest BCUT2D eigenvalue weighted by Gasteiger charge is -2.19. The van der Waals surface area contributed by atoms with Crippen LogP contribution in [0.3, 0.4) is 0 Å². The average Bonchev–Trinajstić information content (AvgIpc) is 2.59. The van der Waals surface area contributed by atoms with Crippen molar-refractivity contribution < 1.29 is 17.9 Å². The highest BCUT2D eigenvalue weighted by atomic mass is 32.2. The first-order valence-corrected chi connectivity index (χ1v) is 8.86. The molecule has 1 aromatic carbocycles. The lowest BCUT2D eigenvalue weighted by atomic mass is 10.1. The van der Waals surface area contributed by atoms with Crippen LogP contribution in [-0.4, -0.2) is 44.4 Å². The molecule has 0 atom stereocenters. The molecule has 0 fully saturated rings. The van der Waals surface area contributed by atoms with E-state index < -0.39 is 16.0 Å². The van der Waals surface area contributed by atoms with Crippen LogP contribution in [0.4, 0.5) is 0 Å². The quantitative estimate of drug-likeness (QED) is 0.747. The predicted molar refractivity (Wildman–Crippen MR) is 90.3 cm³/mol. The molecule has 0 spiro atoms. The van der Waals surface area contributed by atoms with Crippen LogP contribution in [0.15, 0.2) is 47.5 Å². The third-order valence-electron chi connectivity index (χ3n) is 3.79. The molecule has 2 aromatic rings. The first kappa shape index (κ1) is 18.1. The second-order valence-corrected chi connectivity index (χ2v) is 7.33. The van der Waals surface area contributed by atoms with Gasteiger partial charge in [-0.3, -0.25) is 4.98 Å². The van der Waals surface area contributed by atoms with E-state index in [4.69, 9.17) is 4.74 Å². The fourth-order valence-corrected chi connectivity index (χ4v) is 3.75. The Morgan fingerprint density at radius 2 is 1.96 bits per heavy atom. The minimum Gasteiger partial charge on any atom is -0.465 e. The standard InChI is InChI=1S/C17H20N2O4S/c1-13-15(17(20)23-3)8-6-9-16(13)24(21,22)19(2)12-10-14-7-4-5-11-18-14/h4-9,11H,10,12H2,1-3H3. The second-order valence-electron chi connectivity index (χ2n) is 5.32. The molecule has 0 radical (unpaired) electrons. The van der Waals surface area contributed by atoms with Crippen molar-refractivity contribution in [2.45, 2.75) is 18.2 Å². The van der Waals surface area contributed by atoms with Gasteiger partial charge in [0.05, 0.1) is 17.6 Å². The van der Waals surface area contributed by atoms with Gasteiger partial charge >= 0.3 is 5.97 Å². The summed E-state index contributed by atoms with van der Waals surface area (Å²) >= 11 is 0. The van der Waals surface area contributed by atoms with E-state index in [0.29, 0.717) is 18.5 Å². The SMILES string of the molecule is COC(=O)c1cccc(S(=O)(=O)N(C)CCc2ccccn2)c1C. The molecular formula is C17H20N2O4S. The summed E-state index contributed by atoms with van der Waals surface area (Å²) in [5, 5.41) is 0. The number of nitrogens with zero attached hydrogens (tertiary/aromatic N) is 2. The van der Waals surface area contributed by atoms with Gasteiger partial charge in [-0.2, -0.15) is 0 Å². The van der Waals surface area contributed by atoms with E-state index >= 15 is 0 Å². The Morgan fingerprint density at radius 3 is 2.58 bits per heavy atom. The molecule has 7 heteroatoms. The minimum absolute atomic E-state index is 0.105. The molecule has 0 aliphatic heterocycles. The molecule has 0 N–H and O–H groups in total. The molecule has 0 saturated carbocycles. The van der Waals surface area contributed by atoms with Crippen molar-refractivity contribution in [3.05, 3.63) is 59.4 Å². The van der Waals surface area contributed by atoms with E-state index in [0.717, 1.165) is 5.69 Å². The number of carbonyl (C=O) groups excluding carboxylic acids is 1. The summed E-state index contributed by atoms with van der Waals surface area (Å²) in [4.78, 5) is 16.0. The molecule has 0 aliphatic carbocycles. The fourth-order valence-electron chi connectivity index (χ4n) is 2.33. The number of ether oxygens (including phenoxy) is 1. The Labute approximate surface area is 142 Å². The molecule has 1 aromatic heterocycles. The summed E-state index contributed by atoms with van der Waals surface area (Å²) in [6, 6.07) is 10.1. The third-order valence-corrected chi connectivity index (χ3v) is 5.79. The first-order chi connectivity index (χ1) is 11.4. The van der Waals surface area contributed by atoms with Crippen molar-refractivity contribution in [1.29, 1.82) is 0 Å². The van der Waals surface area contributed by atoms with Crippen LogP contribution in [0.5, 0.6) is 0 Å². The molecule has 6 nitrogen and oxygen atoms in total. The largest absolute Gasteiger partial charge is 0.465 e. The number of likely N-dealkylation sites (N-methyl/N-ethyl adjacent to an activating group) is 1. The van der Waals surface area contributed by atoms with Gasteiger partial charge in [0.1, 0.15) is 0 Å². The number of hydrogen-bond donors (Lipinski definition) is 0. The summed E-state index contributed by atoms with van der Waals surface area (Å²) in [5.74, 6) is -0.555. The third kappa shape index (κ3) is 3.80. The molecule has 2 rings (SSSR count). The number of methoxy groups -OCH3 is 1. The van der Waals surface area contributed by atoms with E-state index in [9.17, 15) is 13.2 Å². The summed E-state index contributed by atoms with van der Waals surface area (Å²) in [6.45, 7) is 1.90. The Hall–Kier alpha value is -2.25. The summed E-state index contributed by atoms with van der Waals surface area (Å²) in [7, 11) is -0.924. The van der Waals surface area contributed by atoms with Crippen molar-refractivity contribution in [1.82, 2.24) is 9.29 Å². The number of pyridine rings is 1. The monoisotopic (exact) mass is 348 g/mol. The summed E-state index contributed by atoms with van der Waals surface area (Å²) in [5.41, 5.74) is 1.45. The Bertz CT molecular complexity index is 820. The molecule has 1 heterocycles. The van der Waals surface area contributed by atoms with Crippen LogP contribution in [0.2, 0.25) is 0 Å².